The van der Waals surface area contributed by atoms with E-state index in [0.717, 1.165) is 26.6 Å². The quantitative estimate of drug-likeness (QED) is 0.211. The number of amidine groups is 2. The van der Waals surface area contributed by atoms with Gasteiger partial charge in [-0.25, -0.2) is 0 Å². The predicted molar refractivity (Wildman–Crippen MR) is 140 cm³/mol. The highest BCUT2D eigenvalue weighted by molar-refractivity contribution is 7.17. The van der Waals surface area contributed by atoms with Crippen LogP contribution in [0.3, 0.4) is 0 Å². The van der Waals surface area contributed by atoms with E-state index in [-0.39, 0.29) is 29.7 Å². The summed E-state index contributed by atoms with van der Waals surface area (Å²) < 4.78 is 0. The molecule has 1 aromatic heterocycles. The monoisotopic (exact) mass is 493 g/mol. The first-order valence-electron chi connectivity index (χ1n) is 10.6. The first-order valence-corrected chi connectivity index (χ1v) is 11.8. The molecule has 1 aliphatic rings. The van der Waals surface area contributed by atoms with Gasteiger partial charge in [-0.1, -0.05) is 23.7 Å². The van der Waals surface area contributed by atoms with E-state index in [1.54, 1.807) is 36.1 Å². The smallest absolute Gasteiger partial charge is 0.227 e. The van der Waals surface area contributed by atoms with Crippen molar-refractivity contribution in [2.75, 3.05) is 10.2 Å². The van der Waals surface area contributed by atoms with Gasteiger partial charge in [-0.3, -0.25) is 25.5 Å². The number of rotatable bonds is 4. The number of fused-ring (bicyclic) bond motifs is 1. The molecule has 2 heterocycles. The van der Waals surface area contributed by atoms with Gasteiger partial charge in [0.15, 0.2) is 0 Å². The summed E-state index contributed by atoms with van der Waals surface area (Å²) in [6.45, 7) is 5.65. The SMILES string of the molecule is CC(=N)N1C(=N)C(CC(=O)Nc2ccc(O)cc2)N=C(c2ccc(Cl)cc2)c2c1sc(C)c2C. The molecule has 34 heavy (non-hydrogen) atoms. The molecule has 4 rings (SSSR count). The van der Waals surface area contributed by atoms with Crippen LogP contribution in [-0.2, 0) is 4.79 Å². The number of aliphatic imine (C=N–C) groups is 1. The minimum atomic E-state index is -0.803. The summed E-state index contributed by atoms with van der Waals surface area (Å²) in [6.07, 6.45) is -0.0758. The number of hydrogen-bond donors (Lipinski definition) is 4. The Kier molecular flexibility index (Phi) is 6.54. The maximum Gasteiger partial charge on any atom is 0.227 e. The second-order valence-electron chi connectivity index (χ2n) is 8.07. The first-order chi connectivity index (χ1) is 16.2. The van der Waals surface area contributed by atoms with Crippen LogP contribution in [0, 0.1) is 24.7 Å². The van der Waals surface area contributed by atoms with Crippen LogP contribution in [0.1, 0.15) is 34.9 Å². The van der Waals surface area contributed by atoms with Crippen molar-refractivity contribution < 1.29 is 9.90 Å². The molecule has 174 valence electrons. The van der Waals surface area contributed by atoms with Gasteiger partial charge in [-0.05, 0) is 62.7 Å². The molecule has 0 aliphatic carbocycles. The number of nitrogens with one attached hydrogen (secondary N) is 3. The van der Waals surface area contributed by atoms with Gasteiger partial charge >= 0.3 is 0 Å². The second kappa shape index (κ2) is 9.40. The Bertz CT molecular complexity index is 1310. The second-order valence-corrected chi connectivity index (χ2v) is 9.71. The van der Waals surface area contributed by atoms with E-state index in [0.29, 0.717) is 16.4 Å². The van der Waals surface area contributed by atoms with E-state index in [1.165, 1.54) is 23.5 Å². The van der Waals surface area contributed by atoms with Gasteiger partial charge in [0.25, 0.3) is 0 Å². The van der Waals surface area contributed by atoms with Crippen LogP contribution >= 0.6 is 22.9 Å². The number of phenols is 1. The third kappa shape index (κ3) is 4.60. The molecule has 1 aliphatic heterocycles. The van der Waals surface area contributed by atoms with E-state index in [4.69, 9.17) is 27.4 Å². The van der Waals surface area contributed by atoms with Crippen molar-refractivity contribution in [2.45, 2.75) is 33.2 Å². The number of anilines is 2. The summed E-state index contributed by atoms with van der Waals surface area (Å²) in [4.78, 5) is 20.5. The van der Waals surface area contributed by atoms with E-state index in [2.05, 4.69) is 5.32 Å². The lowest BCUT2D eigenvalue weighted by Gasteiger charge is -2.24. The van der Waals surface area contributed by atoms with E-state index < -0.39 is 6.04 Å². The Morgan fingerprint density at radius 2 is 1.82 bits per heavy atom. The highest BCUT2D eigenvalue weighted by Crippen LogP contribution is 2.40. The fourth-order valence-electron chi connectivity index (χ4n) is 3.82. The molecule has 0 spiro atoms. The maximum atomic E-state index is 12.9. The van der Waals surface area contributed by atoms with Crippen LogP contribution in [0.2, 0.25) is 5.02 Å². The molecule has 0 saturated heterocycles. The summed E-state index contributed by atoms with van der Waals surface area (Å²) >= 11 is 7.62. The molecule has 0 radical (unpaired) electrons. The lowest BCUT2D eigenvalue weighted by atomic mass is 9.99. The fourth-order valence-corrected chi connectivity index (χ4v) is 5.17. The van der Waals surface area contributed by atoms with Crippen molar-refractivity contribution in [3.8, 4) is 5.75 Å². The third-order valence-corrected chi connectivity index (χ3v) is 7.08. The predicted octanol–water partition coefficient (Wildman–Crippen LogP) is 5.75. The van der Waals surface area contributed by atoms with Crippen molar-refractivity contribution in [2.24, 2.45) is 4.99 Å². The van der Waals surface area contributed by atoms with Gasteiger partial charge in [-0.2, -0.15) is 0 Å². The minimum absolute atomic E-state index is 0.0693. The molecule has 3 aromatic rings. The average molecular weight is 494 g/mol. The summed E-state index contributed by atoms with van der Waals surface area (Å²) in [5.41, 5.74) is 3.93. The molecule has 1 atom stereocenters. The van der Waals surface area contributed by atoms with Crippen LogP contribution in [-0.4, -0.2) is 34.4 Å². The largest absolute Gasteiger partial charge is 0.508 e. The zero-order valence-electron chi connectivity index (χ0n) is 18.9. The van der Waals surface area contributed by atoms with Gasteiger partial charge in [0.2, 0.25) is 5.91 Å². The zero-order chi connectivity index (χ0) is 24.6. The number of carbonyl (C=O) groups excluding carboxylic acids is 1. The highest BCUT2D eigenvalue weighted by Gasteiger charge is 2.34. The molecule has 7 nitrogen and oxygen atoms in total. The Labute approximate surface area is 206 Å². The summed E-state index contributed by atoms with van der Waals surface area (Å²) in [6, 6.07) is 12.7. The standard InChI is InChI=1S/C25H24ClN5O2S/c1-13-14(2)34-25-22(13)23(16-4-6-17(26)7-5-16)30-20(24(28)31(25)15(3)27)12-21(33)29-18-8-10-19(32)11-9-18/h4-11,20,27-28,32H,12H2,1-3H3,(H,29,33). The van der Waals surface area contributed by atoms with E-state index in [9.17, 15) is 9.90 Å². The van der Waals surface area contributed by atoms with Crippen LogP contribution in [0.25, 0.3) is 0 Å². The fraction of sp³-hybridized carbons (Fsp3) is 0.200. The number of amides is 1. The number of aromatic hydroxyl groups is 1. The van der Waals surface area contributed by atoms with Crippen molar-refractivity contribution in [1.82, 2.24) is 0 Å². The molecule has 1 amide bonds. The van der Waals surface area contributed by atoms with Crippen LogP contribution in [0.5, 0.6) is 5.75 Å². The molecule has 2 aromatic carbocycles. The topological polar surface area (TPSA) is 113 Å². The van der Waals surface area contributed by atoms with Crippen LogP contribution in [0.4, 0.5) is 10.7 Å². The van der Waals surface area contributed by atoms with Gasteiger partial charge in [0.1, 0.15) is 28.5 Å². The molecule has 0 fully saturated rings. The minimum Gasteiger partial charge on any atom is -0.508 e. The number of thiophene rings is 1. The molecular weight excluding hydrogens is 470 g/mol. The van der Waals surface area contributed by atoms with E-state index >= 15 is 0 Å². The highest BCUT2D eigenvalue weighted by atomic mass is 35.5. The number of phenolic OH excluding ortho intramolecular Hbond substituents is 1. The molecule has 4 N–H and O–H groups in total. The molecule has 0 saturated carbocycles. The first kappa shape index (κ1) is 23.7. The average Bonchev–Trinajstić information content (AvgIpc) is 3.00. The third-order valence-electron chi connectivity index (χ3n) is 5.63. The number of benzene rings is 2. The number of hydrogen-bond acceptors (Lipinski definition) is 6. The maximum absolute atomic E-state index is 12.9. The molecule has 0 bridgehead atoms. The Morgan fingerprint density at radius 1 is 1.18 bits per heavy atom. The lowest BCUT2D eigenvalue weighted by molar-refractivity contribution is -0.116. The van der Waals surface area contributed by atoms with Gasteiger partial charge < -0.3 is 10.4 Å². The summed E-state index contributed by atoms with van der Waals surface area (Å²) in [5, 5.41) is 30.9. The van der Waals surface area contributed by atoms with Gasteiger partial charge in [0, 0.05) is 26.7 Å². The van der Waals surface area contributed by atoms with Crippen LogP contribution < -0.4 is 10.2 Å². The van der Waals surface area contributed by atoms with Gasteiger partial charge in [0.05, 0.1) is 12.1 Å². The number of halogens is 1. The van der Waals surface area contributed by atoms with Crippen molar-refractivity contribution >= 4 is 56.9 Å². The number of nitrogens with zero attached hydrogens (tertiary/aromatic N) is 2. The van der Waals surface area contributed by atoms with Crippen molar-refractivity contribution in [3.63, 3.8) is 0 Å². The molecule has 9 heteroatoms. The van der Waals surface area contributed by atoms with Crippen molar-refractivity contribution in [1.29, 1.82) is 10.8 Å². The summed E-state index contributed by atoms with van der Waals surface area (Å²) in [5.74, 6) is 0.0406. The molecule has 1 unspecified atom stereocenters. The Balaban J connectivity index is 1.79. The molecular formula is C25H24ClN5O2S. The zero-order valence-corrected chi connectivity index (χ0v) is 20.5. The lowest BCUT2D eigenvalue weighted by Crippen LogP contribution is -2.41. The van der Waals surface area contributed by atoms with Crippen molar-refractivity contribution in [3.05, 3.63) is 75.1 Å². The van der Waals surface area contributed by atoms with Gasteiger partial charge in [-0.15, -0.1) is 11.3 Å². The normalized spacial score (nSPS) is 15.4. The number of aryl methyl sites for hydroxylation is 1. The number of carbonyl (C=O) groups is 1. The van der Waals surface area contributed by atoms with E-state index in [1.807, 2.05) is 26.0 Å². The van der Waals surface area contributed by atoms with Crippen LogP contribution in [0.15, 0.2) is 53.5 Å². The summed E-state index contributed by atoms with van der Waals surface area (Å²) in [7, 11) is 0. The Hall–Kier alpha value is -3.49. The Morgan fingerprint density at radius 3 is 2.44 bits per heavy atom.